The average Bonchev–Trinajstić information content (AvgIpc) is 3.62. The molecule has 1 aromatic heterocycles. The molecule has 8 nitrogen and oxygen atoms in total. The van der Waals surface area contributed by atoms with Crippen LogP contribution in [0, 0.1) is 0 Å². The van der Waals surface area contributed by atoms with Gasteiger partial charge in [-0.2, -0.15) is 4.31 Å². The third-order valence-corrected chi connectivity index (χ3v) is 9.85. The van der Waals surface area contributed by atoms with Crippen LogP contribution in [0.3, 0.4) is 0 Å². The van der Waals surface area contributed by atoms with Gasteiger partial charge in [0.15, 0.2) is 0 Å². The molecule has 0 aliphatic carbocycles. The maximum atomic E-state index is 14.0. The second-order valence-electron chi connectivity index (χ2n) is 11.0. The fourth-order valence-electron chi connectivity index (χ4n) is 5.44. The molecule has 2 amide bonds. The van der Waals surface area contributed by atoms with Gasteiger partial charge >= 0.3 is 0 Å². The number of pyridine rings is 1. The van der Waals surface area contributed by atoms with Crippen molar-refractivity contribution in [3.05, 3.63) is 132 Å². The van der Waals surface area contributed by atoms with Crippen molar-refractivity contribution >= 4 is 21.8 Å². The first-order valence-corrected chi connectivity index (χ1v) is 16.5. The van der Waals surface area contributed by atoms with Crippen molar-refractivity contribution in [3.63, 3.8) is 0 Å². The molecule has 0 bridgehead atoms. The number of sulfonamides is 1. The molecule has 1 N–H and O–H groups in total. The maximum Gasteiger partial charge on any atom is 0.243 e. The largest absolute Gasteiger partial charge is 0.350 e. The monoisotopic (exact) mass is 610 g/mol. The molecule has 228 valence electrons. The summed E-state index contributed by atoms with van der Waals surface area (Å²) in [6, 6.07) is 29.2. The molecule has 5 rings (SSSR count). The Morgan fingerprint density at radius 2 is 1.39 bits per heavy atom. The van der Waals surface area contributed by atoms with Gasteiger partial charge in [0.25, 0.3) is 0 Å². The molecule has 3 aromatic carbocycles. The van der Waals surface area contributed by atoms with Crippen LogP contribution in [0.4, 0.5) is 0 Å². The number of carbonyl (C=O) groups is 2. The molecule has 9 heteroatoms. The lowest BCUT2D eigenvalue weighted by Gasteiger charge is -2.31. The highest BCUT2D eigenvalue weighted by molar-refractivity contribution is 7.89. The molecule has 4 aromatic rings. The SMILES string of the molecule is O=C(NCc1ccncc1)[C@@H](Cc1ccccc1)N(Cc1ccccc1)C(=O)CCc1ccc(S(=O)(=O)N2CCCC2)cc1. The highest BCUT2D eigenvalue weighted by Crippen LogP contribution is 2.22. The Hall–Kier alpha value is -4.34. The van der Waals surface area contributed by atoms with Crippen LogP contribution in [0.25, 0.3) is 0 Å². The molecule has 1 atom stereocenters. The van der Waals surface area contributed by atoms with Crippen LogP contribution in [0.2, 0.25) is 0 Å². The standard InChI is InChI=1S/C35H38N4O4S/c40-34(18-15-28-13-16-32(17-14-28)44(42,43)38-23-7-8-24-38)39(27-31-11-5-2-6-12-31)33(25-29-9-3-1-4-10-29)35(41)37-26-30-19-21-36-22-20-30/h1-6,9-14,16-17,19-22,33H,7-8,15,18,23-27H2,(H,37,41)/t33-/m1/s1. The van der Waals surface area contributed by atoms with E-state index in [1.54, 1.807) is 41.6 Å². The van der Waals surface area contributed by atoms with E-state index < -0.39 is 16.1 Å². The van der Waals surface area contributed by atoms with Crippen molar-refractivity contribution in [2.45, 2.75) is 56.1 Å². The van der Waals surface area contributed by atoms with Gasteiger partial charge in [0, 0.05) is 51.4 Å². The highest BCUT2D eigenvalue weighted by Gasteiger charge is 2.30. The zero-order valence-corrected chi connectivity index (χ0v) is 25.5. The number of nitrogens with one attached hydrogen (secondary N) is 1. The number of rotatable bonds is 13. The number of benzene rings is 3. The Labute approximate surface area is 259 Å². The zero-order valence-electron chi connectivity index (χ0n) is 24.7. The van der Waals surface area contributed by atoms with E-state index in [9.17, 15) is 18.0 Å². The third kappa shape index (κ3) is 8.18. The summed E-state index contributed by atoms with van der Waals surface area (Å²) < 4.78 is 27.4. The van der Waals surface area contributed by atoms with Gasteiger partial charge in [0.05, 0.1) is 4.90 Å². The van der Waals surface area contributed by atoms with Crippen molar-refractivity contribution in [3.8, 4) is 0 Å². The van der Waals surface area contributed by atoms with Gasteiger partial charge in [0.2, 0.25) is 21.8 Å². The summed E-state index contributed by atoms with van der Waals surface area (Å²) in [5.41, 5.74) is 3.66. The Morgan fingerprint density at radius 3 is 2.02 bits per heavy atom. The van der Waals surface area contributed by atoms with Crippen LogP contribution >= 0.6 is 0 Å². The first-order chi connectivity index (χ1) is 21.4. The Bertz CT molecular complexity index is 1610. The average molecular weight is 611 g/mol. The number of hydrogen-bond acceptors (Lipinski definition) is 5. The molecular formula is C35H38N4O4S. The molecule has 2 heterocycles. The smallest absolute Gasteiger partial charge is 0.243 e. The third-order valence-electron chi connectivity index (χ3n) is 7.94. The van der Waals surface area contributed by atoms with Gasteiger partial charge in [-0.15, -0.1) is 0 Å². The first kappa shape index (κ1) is 31.1. The molecule has 0 saturated carbocycles. The molecular weight excluding hydrogens is 572 g/mol. The lowest BCUT2D eigenvalue weighted by molar-refractivity contribution is -0.141. The van der Waals surface area contributed by atoms with Crippen LogP contribution in [0.1, 0.15) is 41.5 Å². The summed E-state index contributed by atoms with van der Waals surface area (Å²) in [4.78, 5) is 33.8. The first-order valence-electron chi connectivity index (χ1n) is 15.0. The number of amides is 2. The molecule has 0 spiro atoms. The Morgan fingerprint density at radius 1 is 0.773 bits per heavy atom. The minimum absolute atomic E-state index is 0.150. The molecule has 0 radical (unpaired) electrons. The second-order valence-corrected chi connectivity index (χ2v) is 13.0. The maximum absolute atomic E-state index is 14.0. The summed E-state index contributed by atoms with van der Waals surface area (Å²) >= 11 is 0. The lowest BCUT2D eigenvalue weighted by Crippen LogP contribution is -2.50. The summed E-state index contributed by atoms with van der Waals surface area (Å²) in [5, 5.41) is 3.04. The minimum atomic E-state index is -3.50. The van der Waals surface area contributed by atoms with E-state index in [0.717, 1.165) is 35.1 Å². The van der Waals surface area contributed by atoms with E-state index in [-0.39, 0.29) is 29.7 Å². The number of aryl methyl sites for hydroxylation is 1. The summed E-state index contributed by atoms with van der Waals surface area (Å²) in [7, 11) is -3.50. The lowest BCUT2D eigenvalue weighted by atomic mass is 10.0. The van der Waals surface area contributed by atoms with Gasteiger partial charge in [0.1, 0.15) is 6.04 Å². The van der Waals surface area contributed by atoms with Crippen LogP contribution in [-0.2, 0) is 45.5 Å². The quantitative estimate of drug-likeness (QED) is 0.236. The Kier molecular flexibility index (Phi) is 10.5. The van der Waals surface area contributed by atoms with Crippen LogP contribution in [0.15, 0.2) is 114 Å². The van der Waals surface area contributed by atoms with E-state index in [4.69, 9.17) is 0 Å². The van der Waals surface area contributed by atoms with Crippen molar-refractivity contribution in [2.24, 2.45) is 0 Å². The van der Waals surface area contributed by atoms with E-state index in [1.807, 2.05) is 72.8 Å². The summed E-state index contributed by atoms with van der Waals surface area (Å²) in [6.45, 7) is 1.71. The predicted molar refractivity (Wildman–Crippen MR) is 170 cm³/mol. The molecule has 0 unspecified atom stereocenters. The fraction of sp³-hybridized carbons (Fsp3) is 0.286. The van der Waals surface area contributed by atoms with Crippen LogP contribution in [-0.4, -0.2) is 53.6 Å². The van der Waals surface area contributed by atoms with E-state index in [2.05, 4.69) is 10.3 Å². The topological polar surface area (TPSA) is 99.7 Å². The van der Waals surface area contributed by atoms with Crippen molar-refractivity contribution in [2.75, 3.05) is 13.1 Å². The van der Waals surface area contributed by atoms with E-state index in [1.165, 1.54) is 4.31 Å². The highest BCUT2D eigenvalue weighted by atomic mass is 32.2. The fourth-order valence-corrected chi connectivity index (χ4v) is 6.96. The normalized spacial score (nSPS) is 14.2. The van der Waals surface area contributed by atoms with Gasteiger partial charge in [-0.1, -0.05) is 72.8 Å². The molecule has 44 heavy (non-hydrogen) atoms. The summed E-state index contributed by atoms with van der Waals surface area (Å²) in [6.07, 6.45) is 6.09. The van der Waals surface area contributed by atoms with Gasteiger partial charge in [-0.25, -0.2) is 8.42 Å². The zero-order chi connectivity index (χ0) is 30.8. The minimum Gasteiger partial charge on any atom is -0.350 e. The molecule has 1 saturated heterocycles. The summed E-state index contributed by atoms with van der Waals surface area (Å²) in [5.74, 6) is -0.381. The molecule has 1 aliphatic heterocycles. The van der Waals surface area contributed by atoms with Gasteiger partial charge in [-0.05, 0) is 65.8 Å². The van der Waals surface area contributed by atoms with Crippen LogP contribution < -0.4 is 5.32 Å². The number of hydrogen-bond donors (Lipinski definition) is 1. The molecule has 1 fully saturated rings. The van der Waals surface area contributed by atoms with Crippen molar-refractivity contribution in [1.82, 2.24) is 19.5 Å². The van der Waals surface area contributed by atoms with Gasteiger partial charge < -0.3 is 10.2 Å². The van der Waals surface area contributed by atoms with Crippen LogP contribution in [0.5, 0.6) is 0 Å². The number of nitrogens with zero attached hydrogens (tertiary/aromatic N) is 3. The number of aromatic nitrogens is 1. The predicted octanol–water partition coefficient (Wildman–Crippen LogP) is 4.76. The Balaban J connectivity index is 1.35. The van der Waals surface area contributed by atoms with Gasteiger partial charge in [-0.3, -0.25) is 14.6 Å². The second kappa shape index (κ2) is 14.9. The van der Waals surface area contributed by atoms with E-state index in [0.29, 0.717) is 32.5 Å². The van der Waals surface area contributed by atoms with E-state index >= 15 is 0 Å². The van der Waals surface area contributed by atoms with Crippen molar-refractivity contribution < 1.29 is 18.0 Å². The molecule has 1 aliphatic rings. The van der Waals surface area contributed by atoms with Crippen molar-refractivity contribution in [1.29, 1.82) is 0 Å². The number of carbonyl (C=O) groups excluding carboxylic acids is 2.